The monoisotopic (exact) mass is 298 g/mol. The maximum Gasteiger partial charge on any atom is 0.276 e. The van der Waals surface area contributed by atoms with Crippen molar-refractivity contribution in [1.29, 1.82) is 0 Å². The van der Waals surface area contributed by atoms with Gasteiger partial charge in [0, 0.05) is 5.75 Å². The molecule has 0 unspecified atom stereocenters. The molecule has 0 aliphatic heterocycles. The predicted molar refractivity (Wildman–Crippen MR) is 72.1 cm³/mol. The highest BCUT2D eigenvalue weighted by Crippen LogP contribution is 2.21. The lowest BCUT2D eigenvalue weighted by Gasteiger charge is -2.13. The molecule has 5 nitrogen and oxygen atoms in total. The molecule has 0 atom stereocenters. The first kappa shape index (κ1) is 14.8. The molecule has 0 bridgehead atoms. The van der Waals surface area contributed by atoms with E-state index in [2.05, 4.69) is 10.2 Å². The lowest BCUT2D eigenvalue weighted by atomic mass is 10.2. The zero-order chi connectivity index (χ0) is 14.6. The number of aromatic nitrogens is 2. The zero-order valence-electron chi connectivity index (χ0n) is 11.2. The van der Waals surface area contributed by atoms with Crippen molar-refractivity contribution in [3.05, 3.63) is 36.0 Å². The summed E-state index contributed by atoms with van der Waals surface area (Å²) in [6.07, 6.45) is 0. The summed E-state index contributed by atoms with van der Waals surface area (Å²) in [5.74, 6) is 0.983. The fraction of sp³-hybridized carbons (Fsp3) is 0.385. The van der Waals surface area contributed by atoms with Gasteiger partial charge in [0.25, 0.3) is 11.1 Å². The van der Waals surface area contributed by atoms with Crippen LogP contribution in [-0.4, -0.2) is 26.7 Å². The Hall–Kier alpha value is -1.60. The molecule has 0 saturated heterocycles. The van der Waals surface area contributed by atoms with Crippen LogP contribution in [0.4, 0.5) is 4.39 Å². The lowest BCUT2D eigenvalue weighted by Crippen LogP contribution is -2.21. The van der Waals surface area contributed by atoms with Gasteiger partial charge in [-0.15, -0.1) is 10.2 Å². The molecule has 7 heteroatoms. The van der Waals surface area contributed by atoms with Crippen molar-refractivity contribution in [1.82, 2.24) is 10.2 Å². The van der Waals surface area contributed by atoms with Gasteiger partial charge in [0.2, 0.25) is 0 Å². The molecule has 108 valence electrons. The summed E-state index contributed by atoms with van der Waals surface area (Å²) in [4.78, 5) is 0. The largest absolute Gasteiger partial charge is 0.484 e. The molecule has 2 rings (SSSR count). The summed E-state index contributed by atoms with van der Waals surface area (Å²) >= 11 is 1.28. The van der Waals surface area contributed by atoms with Crippen LogP contribution in [0.2, 0.25) is 0 Å². The van der Waals surface area contributed by atoms with E-state index >= 15 is 0 Å². The molecule has 0 spiro atoms. The van der Waals surface area contributed by atoms with Gasteiger partial charge in [-0.05, 0) is 38.1 Å². The summed E-state index contributed by atoms with van der Waals surface area (Å²) in [6.45, 7) is 3.52. The Bertz CT molecular complexity index is 551. The average Bonchev–Trinajstić information content (AvgIpc) is 2.83. The van der Waals surface area contributed by atoms with Crippen LogP contribution in [0.25, 0.3) is 0 Å². The highest BCUT2D eigenvalue weighted by molar-refractivity contribution is 7.99. The quantitative estimate of drug-likeness (QED) is 0.827. The molecule has 0 aliphatic carbocycles. The van der Waals surface area contributed by atoms with Crippen LogP contribution in [-0.2, 0) is 6.61 Å². The van der Waals surface area contributed by atoms with E-state index in [1.54, 1.807) is 13.8 Å². The summed E-state index contributed by atoms with van der Waals surface area (Å²) in [5, 5.41) is 17.6. The summed E-state index contributed by atoms with van der Waals surface area (Å²) < 4.78 is 23.5. The van der Waals surface area contributed by atoms with Crippen molar-refractivity contribution in [3.8, 4) is 5.75 Å². The SMILES string of the molecule is CC(C)(O)CSc1nnc(COc2ccc(F)cc2)o1. The maximum atomic E-state index is 12.7. The Morgan fingerprint density at radius 3 is 2.65 bits per heavy atom. The minimum Gasteiger partial charge on any atom is -0.484 e. The predicted octanol–water partition coefficient (Wildman–Crippen LogP) is 2.65. The molecule has 1 N–H and O–H groups in total. The van der Waals surface area contributed by atoms with Crippen molar-refractivity contribution in [3.63, 3.8) is 0 Å². The van der Waals surface area contributed by atoms with Crippen LogP contribution < -0.4 is 4.74 Å². The fourth-order valence-electron chi connectivity index (χ4n) is 1.27. The Labute approximate surface area is 120 Å². The van der Waals surface area contributed by atoms with Crippen LogP contribution in [0.5, 0.6) is 5.75 Å². The molecule has 2 aromatic rings. The molecule has 1 aromatic carbocycles. The second-order valence-electron chi connectivity index (χ2n) is 4.81. The third-order valence-electron chi connectivity index (χ3n) is 2.17. The number of halogens is 1. The first-order valence-corrected chi connectivity index (χ1v) is 6.97. The summed E-state index contributed by atoms with van der Waals surface area (Å²) in [7, 11) is 0. The Kier molecular flexibility index (Phi) is 4.61. The molecule has 0 saturated carbocycles. The smallest absolute Gasteiger partial charge is 0.276 e. The molecule has 1 heterocycles. The van der Waals surface area contributed by atoms with E-state index < -0.39 is 5.60 Å². The lowest BCUT2D eigenvalue weighted by molar-refractivity contribution is 0.106. The van der Waals surface area contributed by atoms with E-state index in [-0.39, 0.29) is 12.4 Å². The van der Waals surface area contributed by atoms with Crippen molar-refractivity contribution in [2.24, 2.45) is 0 Å². The van der Waals surface area contributed by atoms with Gasteiger partial charge >= 0.3 is 0 Å². The topological polar surface area (TPSA) is 68.4 Å². The average molecular weight is 298 g/mol. The van der Waals surface area contributed by atoms with Crippen LogP contribution in [0.3, 0.4) is 0 Å². The van der Waals surface area contributed by atoms with Crippen LogP contribution in [0.15, 0.2) is 33.9 Å². The number of thioether (sulfide) groups is 1. The van der Waals surface area contributed by atoms with Crippen LogP contribution in [0, 0.1) is 5.82 Å². The molecular formula is C13H15FN2O3S. The molecule has 0 radical (unpaired) electrons. The van der Waals surface area contributed by atoms with Gasteiger partial charge < -0.3 is 14.3 Å². The standard InChI is InChI=1S/C13H15FN2O3S/c1-13(2,17)8-20-12-16-15-11(19-12)7-18-10-5-3-9(14)4-6-10/h3-6,17H,7-8H2,1-2H3. The van der Waals surface area contributed by atoms with E-state index in [0.717, 1.165) is 0 Å². The zero-order valence-corrected chi connectivity index (χ0v) is 12.0. The van der Waals surface area contributed by atoms with Gasteiger partial charge in [-0.25, -0.2) is 4.39 Å². The molecule has 0 amide bonds. The van der Waals surface area contributed by atoms with Crippen LogP contribution >= 0.6 is 11.8 Å². The molecule has 0 aliphatic rings. The molecule has 20 heavy (non-hydrogen) atoms. The first-order valence-electron chi connectivity index (χ1n) is 5.98. The van der Waals surface area contributed by atoms with Crippen molar-refractivity contribution < 1.29 is 18.7 Å². The minimum absolute atomic E-state index is 0.113. The highest BCUT2D eigenvalue weighted by Gasteiger charge is 2.16. The van der Waals surface area contributed by atoms with Crippen molar-refractivity contribution in [2.75, 3.05) is 5.75 Å². The number of ether oxygens (including phenoxy) is 1. The van der Waals surface area contributed by atoms with E-state index in [4.69, 9.17) is 9.15 Å². The Balaban J connectivity index is 1.85. The minimum atomic E-state index is -0.802. The Morgan fingerprint density at radius 1 is 1.30 bits per heavy atom. The molecular weight excluding hydrogens is 283 g/mol. The fourth-order valence-corrected chi connectivity index (χ4v) is 2.00. The third-order valence-corrected chi connectivity index (χ3v) is 3.44. The Morgan fingerprint density at radius 2 is 2.00 bits per heavy atom. The van der Waals surface area contributed by atoms with Crippen molar-refractivity contribution >= 4 is 11.8 Å². The number of aliphatic hydroxyl groups is 1. The summed E-state index contributed by atoms with van der Waals surface area (Å²) in [5.41, 5.74) is -0.802. The van der Waals surface area contributed by atoms with E-state index in [9.17, 15) is 9.50 Å². The van der Waals surface area contributed by atoms with Crippen LogP contribution in [0.1, 0.15) is 19.7 Å². The normalized spacial score (nSPS) is 11.6. The third kappa shape index (κ3) is 4.82. The maximum absolute atomic E-state index is 12.7. The van der Waals surface area contributed by atoms with Gasteiger partial charge in [-0.1, -0.05) is 11.8 Å². The van der Waals surface area contributed by atoms with Gasteiger partial charge in [0.05, 0.1) is 5.60 Å². The highest BCUT2D eigenvalue weighted by atomic mass is 32.2. The van der Waals surface area contributed by atoms with E-state index in [0.29, 0.717) is 22.6 Å². The van der Waals surface area contributed by atoms with E-state index in [1.807, 2.05) is 0 Å². The van der Waals surface area contributed by atoms with Gasteiger partial charge in [0.1, 0.15) is 11.6 Å². The van der Waals surface area contributed by atoms with Gasteiger partial charge in [-0.3, -0.25) is 0 Å². The van der Waals surface area contributed by atoms with Crippen molar-refractivity contribution in [2.45, 2.75) is 31.3 Å². The summed E-state index contributed by atoms with van der Waals surface area (Å²) in [6, 6.07) is 5.67. The second-order valence-corrected chi connectivity index (χ2v) is 5.73. The number of benzene rings is 1. The molecule has 0 fully saturated rings. The first-order chi connectivity index (χ1) is 9.42. The molecule has 1 aromatic heterocycles. The van der Waals surface area contributed by atoms with E-state index in [1.165, 1.54) is 36.0 Å². The number of nitrogens with zero attached hydrogens (tertiary/aromatic N) is 2. The number of hydrogen-bond donors (Lipinski definition) is 1. The van der Waals surface area contributed by atoms with Gasteiger partial charge in [0.15, 0.2) is 6.61 Å². The number of hydrogen-bond acceptors (Lipinski definition) is 6. The number of rotatable bonds is 6. The van der Waals surface area contributed by atoms with Gasteiger partial charge in [-0.2, -0.15) is 0 Å². The second kappa shape index (κ2) is 6.23.